The lowest BCUT2D eigenvalue weighted by molar-refractivity contribution is 0.102. The van der Waals surface area contributed by atoms with Crippen LogP contribution < -0.4 is 5.32 Å². The Morgan fingerprint density at radius 3 is 2.63 bits per heavy atom. The van der Waals surface area contributed by atoms with Crippen LogP contribution in [0.1, 0.15) is 15.9 Å². The molecule has 0 spiro atoms. The molecule has 1 amide bonds. The molecule has 2 aromatic rings. The molecule has 0 aliphatic heterocycles. The molecule has 0 aliphatic rings. The lowest BCUT2D eigenvalue weighted by atomic mass is 10.1. The number of carbonyl (C=O) groups is 1. The standard InChI is InChI=1S/C15H14ClNOS/c1-10-12(16)7-5-8-13(10)17-15(18)11-6-3-4-9-14(11)19-2/h3-9H,1-2H3,(H,17,18). The van der Waals surface area contributed by atoms with Crippen molar-refractivity contribution in [1.82, 2.24) is 0 Å². The van der Waals surface area contributed by atoms with E-state index in [1.807, 2.05) is 55.6 Å². The molecule has 0 aromatic heterocycles. The molecule has 0 aliphatic carbocycles. The van der Waals surface area contributed by atoms with E-state index in [4.69, 9.17) is 11.6 Å². The van der Waals surface area contributed by atoms with Crippen molar-refractivity contribution >= 4 is 35.0 Å². The summed E-state index contributed by atoms with van der Waals surface area (Å²) in [7, 11) is 0. The molecular formula is C15H14ClNOS. The summed E-state index contributed by atoms with van der Waals surface area (Å²) in [6.07, 6.45) is 1.96. The van der Waals surface area contributed by atoms with Crippen LogP contribution in [0, 0.1) is 6.92 Å². The van der Waals surface area contributed by atoms with Crippen LogP contribution in [0.25, 0.3) is 0 Å². The second kappa shape index (κ2) is 6.13. The monoisotopic (exact) mass is 291 g/mol. The Morgan fingerprint density at radius 1 is 1.16 bits per heavy atom. The maximum atomic E-state index is 12.3. The second-order valence-corrected chi connectivity index (χ2v) is 5.32. The van der Waals surface area contributed by atoms with E-state index in [9.17, 15) is 4.79 Å². The molecule has 0 atom stereocenters. The van der Waals surface area contributed by atoms with Crippen LogP contribution in [0.15, 0.2) is 47.4 Å². The maximum Gasteiger partial charge on any atom is 0.256 e. The van der Waals surface area contributed by atoms with Gasteiger partial charge in [-0.1, -0.05) is 29.8 Å². The summed E-state index contributed by atoms with van der Waals surface area (Å²) in [6, 6.07) is 13.0. The average Bonchev–Trinajstić information content (AvgIpc) is 2.43. The van der Waals surface area contributed by atoms with Crippen LogP contribution >= 0.6 is 23.4 Å². The van der Waals surface area contributed by atoms with E-state index in [0.717, 1.165) is 16.1 Å². The van der Waals surface area contributed by atoms with Gasteiger partial charge in [-0.05, 0) is 43.0 Å². The first-order valence-corrected chi connectivity index (χ1v) is 7.43. The predicted octanol–water partition coefficient (Wildman–Crippen LogP) is 4.62. The second-order valence-electron chi connectivity index (χ2n) is 4.07. The van der Waals surface area contributed by atoms with Gasteiger partial charge in [-0.25, -0.2) is 0 Å². The van der Waals surface area contributed by atoms with Crippen LogP contribution in [-0.4, -0.2) is 12.2 Å². The zero-order chi connectivity index (χ0) is 13.8. The molecule has 0 fully saturated rings. The minimum atomic E-state index is -0.115. The number of anilines is 1. The van der Waals surface area contributed by atoms with Crippen molar-refractivity contribution in [2.75, 3.05) is 11.6 Å². The van der Waals surface area contributed by atoms with E-state index in [1.54, 1.807) is 11.8 Å². The third-order valence-corrected chi connectivity index (χ3v) is 4.07. The van der Waals surface area contributed by atoms with E-state index >= 15 is 0 Å². The fourth-order valence-electron chi connectivity index (χ4n) is 1.76. The first-order chi connectivity index (χ1) is 9.13. The number of amides is 1. The highest BCUT2D eigenvalue weighted by molar-refractivity contribution is 7.98. The maximum absolute atomic E-state index is 12.3. The van der Waals surface area contributed by atoms with E-state index in [2.05, 4.69) is 5.32 Å². The number of halogens is 1. The molecule has 1 N–H and O–H groups in total. The Bertz CT molecular complexity index is 613. The van der Waals surface area contributed by atoms with Crippen molar-refractivity contribution in [2.24, 2.45) is 0 Å². The summed E-state index contributed by atoms with van der Waals surface area (Å²) in [6.45, 7) is 1.89. The van der Waals surface area contributed by atoms with Gasteiger partial charge in [0.1, 0.15) is 0 Å². The van der Waals surface area contributed by atoms with E-state index in [0.29, 0.717) is 10.6 Å². The van der Waals surface area contributed by atoms with Crippen molar-refractivity contribution in [2.45, 2.75) is 11.8 Å². The molecular weight excluding hydrogens is 278 g/mol. The Balaban J connectivity index is 2.28. The van der Waals surface area contributed by atoms with Gasteiger partial charge in [0, 0.05) is 15.6 Å². The van der Waals surface area contributed by atoms with Crippen molar-refractivity contribution in [1.29, 1.82) is 0 Å². The molecule has 0 bridgehead atoms. The largest absolute Gasteiger partial charge is 0.322 e. The zero-order valence-electron chi connectivity index (χ0n) is 10.7. The minimum Gasteiger partial charge on any atom is -0.322 e. The summed E-state index contributed by atoms with van der Waals surface area (Å²) in [4.78, 5) is 13.2. The fourth-order valence-corrected chi connectivity index (χ4v) is 2.53. The van der Waals surface area contributed by atoms with Gasteiger partial charge >= 0.3 is 0 Å². The third kappa shape index (κ3) is 3.11. The smallest absolute Gasteiger partial charge is 0.256 e. The number of carbonyl (C=O) groups excluding carboxylic acids is 1. The highest BCUT2D eigenvalue weighted by Gasteiger charge is 2.12. The van der Waals surface area contributed by atoms with Crippen LogP contribution in [0.3, 0.4) is 0 Å². The van der Waals surface area contributed by atoms with Gasteiger partial charge in [0.2, 0.25) is 0 Å². The van der Waals surface area contributed by atoms with E-state index < -0.39 is 0 Å². The first-order valence-electron chi connectivity index (χ1n) is 5.83. The van der Waals surface area contributed by atoms with Gasteiger partial charge in [0.15, 0.2) is 0 Å². The van der Waals surface area contributed by atoms with Crippen LogP contribution in [-0.2, 0) is 0 Å². The summed E-state index contributed by atoms with van der Waals surface area (Å²) in [5.74, 6) is -0.115. The van der Waals surface area contributed by atoms with E-state index in [1.165, 1.54) is 0 Å². The topological polar surface area (TPSA) is 29.1 Å². The summed E-state index contributed by atoms with van der Waals surface area (Å²) in [5.41, 5.74) is 2.29. The number of nitrogens with one attached hydrogen (secondary N) is 1. The minimum absolute atomic E-state index is 0.115. The van der Waals surface area contributed by atoms with Gasteiger partial charge in [-0.2, -0.15) is 0 Å². The molecule has 0 heterocycles. The molecule has 2 rings (SSSR count). The van der Waals surface area contributed by atoms with Crippen molar-refractivity contribution in [3.63, 3.8) is 0 Å². The molecule has 0 radical (unpaired) electrons. The van der Waals surface area contributed by atoms with Gasteiger partial charge in [-0.15, -0.1) is 11.8 Å². The average molecular weight is 292 g/mol. The first kappa shape index (κ1) is 14.0. The number of benzene rings is 2. The zero-order valence-corrected chi connectivity index (χ0v) is 12.3. The van der Waals surface area contributed by atoms with Crippen molar-refractivity contribution < 1.29 is 4.79 Å². The normalized spacial score (nSPS) is 10.3. The third-order valence-electron chi connectivity index (χ3n) is 2.87. The van der Waals surface area contributed by atoms with Gasteiger partial charge in [-0.3, -0.25) is 4.79 Å². The molecule has 0 unspecified atom stereocenters. The molecule has 4 heteroatoms. The van der Waals surface area contributed by atoms with Crippen LogP contribution in [0.2, 0.25) is 5.02 Å². The quantitative estimate of drug-likeness (QED) is 0.836. The van der Waals surface area contributed by atoms with Gasteiger partial charge in [0.25, 0.3) is 5.91 Å². The van der Waals surface area contributed by atoms with Crippen LogP contribution in [0.4, 0.5) is 5.69 Å². The number of hydrogen-bond donors (Lipinski definition) is 1. The predicted molar refractivity (Wildman–Crippen MR) is 82.4 cm³/mol. The van der Waals surface area contributed by atoms with Gasteiger partial charge < -0.3 is 5.32 Å². The SMILES string of the molecule is CSc1ccccc1C(=O)Nc1cccc(Cl)c1C. The molecule has 19 heavy (non-hydrogen) atoms. The number of rotatable bonds is 3. The highest BCUT2D eigenvalue weighted by Crippen LogP contribution is 2.25. The number of thioether (sulfide) groups is 1. The molecule has 0 saturated carbocycles. The summed E-state index contributed by atoms with van der Waals surface area (Å²) < 4.78 is 0. The lowest BCUT2D eigenvalue weighted by Gasteiger charge is -2.11. The molecule has 2 aromatic carbocycles. The molecule has 0 saturated heterocycles. The Hall–Kier alpha value is -1.45. The van der Waals surface area contributed by atoms with E-state index in [-0.39, 0.29) is 5.91 Å². The Kier molecular flexibility index (Phi) is 4.51. The fraction of sp³-hybridized carbons (Fsp3) is 0.133. The molecule has 2 nitrogen and oxygen atoms in total. The number of hydrogen-bond acceptors (Lipinski definition) is 2. The molecule has 98 valence electrons. The summed E-state index contributed by atoms with van der Waals surface area (Å²) >= 11 is 7.60. The highest BCUT2D eigenvalue weighted by atomic mass is 35.5. The van der Waals surface area contributed by atoms with Crippen LogP contribution in [0.5, 0.6) is 0 Å². The lowest BCUT2D eigenvalue weighted by Crippen LogP contribution is -2.13. The summed E-state index contributed by atoms with van der Waals surface area (Å²) in [5, 5.41) is 3.55. The van der Waals surface area contributed by atoms with Gasteiger partial charge in [0.05, 0.1) is 5.56 Å². The van der Waals surface area contributed by atoms with Crippen molar-refractivity contribution in [3.05, 3.63) is 58.6 Å². The van der Waals surface area contributed by atoms with Crippen molar-refractivity contribution in [3.8, 4) is 0 Å². The Labute approximate surface area is 122 Å². The Morgan fingerprint density at radius 2 is 1.89 bits per heavy atom.